The van der Waals surface area contributed by atoms with E-state index in [1.807, 2.05) is 38.1 Å². The van der Waals surface area contributed by atoms with Crippen LogP contribution in [0.4, 0.5) is 0 Å². The van der Waals surface area contributed by atoms with Crippen LogP contribution in [0.15, 0.2) is 24.3 Å². The predicted octanol–water partition coefficient (Wildman–Crippen LogP) is 2.07. The van der Waals surface area contributed by atoms with Gasteiger partial charge in [0.25, 0.3) is 5.91 Å². The summed E-state index contributed by atoms with van der Waals surface area (Å²) in [5.74, 6) is -0.331. The van der Waals surface area contributed by atoms with Crippen LogP contribution in [0.3, 0.4) is 0 Å². The maximum atomic E-state index is 12.6. The average Bonchev–Trinajstić information content (AvgIpc) is 3.11. The van der Waals surface area contributed by atoms with Crippen molar-refractivity contribution < 1.29 is 9.59 Å². The molecule has 140 valence electrons. The van der Waals surface area contributed by atoms with Gasteiger partial charge in [-0.3, -0.25) is 14.5 Å². The zero-order valence-corrected chi connectivity index (χ0v) is 15.6. The first-order valence-corrected chi connectivity index (χ1v) is 9.26. The molecule has 1 saturated heterocycles. The van der Waals surface area contributed by atoms with E-state index in [2.05, 4.69) is 15.5 Å². The highest BCUT2D eigenvalue weighted by Gasteiger charge is 2.22. The minimum atomic E-state index is -0.641. The molecule has 2 rings (SSSR count). The van der Waals surface area contributed by atoms with Crippen LogP contribution < -0.4 is 10.6 Å². The van der Waals surface area contributed by atoms with Crippen molar-refractivity contribution in [3.63, 3.8) is 0 Å². The molecule has 26 heavy (non-hydrogen) atoms. The molecule has 0 aliphatic carbocycles. The zero-order chi connectivity index (χ0) is 18.9. The molecule has 2 N–H and O–H groups in total. The number of hydrogen-bond acceptors (Lipinski definition) is 4. The van der Waals surface area contributed by atoms with Crippen LogP contribution in [0.1, 0.15) is 49.0 Å². The lowest BCUT2D eigenvalue weighted by molar-refractivity contribution is -0.123. The van der Waals surface area contributed by atoms with Gasteiger partial charge >= 0.3 is 0 Å². The standard InChI is InChI=1S/C20H28N4O2/c1-15(2)12-18(20(26)22-9-8-21)23-19(25)17-7-5-6-16(13-17)14-24-10-3-4-11-24/h5-7,13,15,18H,3-4,9-12,14H2,1-2H3,(H,22,26)(H,23,25)/t18-/m0/s1. The Morgan fingerprint density at radius 3 is 2.65 bits per heavy atom. The van der Waals surface area contributed by atoms with Crippen LogP contribution in [-0.2, 0) is 11.3 Å². The molecule has 0 spiro atoms. The van der Waals surface area contributed by atoms with E-state index in [1.54, 1.807) is 6.07 Å². The van der Waals surface area contributed by atoms with E-state index in [4.69, 9.17) is 5.26 Å². The largest absolute Gasteiger partial charge is 0.341 e. The van der Waals surface area contributed by atoms with Gasteiger partial charge in [-0.05, 0) is 56.0 Å². The summed E-state index contributed by atoms with van der Waals surface area (Å²) in [6.45, 7) is 6.98. The minimum absolute atomic E-state index is 0.0609. The molecule has 1 atom stereocenters. The molecule has 1 aromatic rings. The summed E-state index contributed by atoms with van der Waals surface area (Å²) in [5, 5.41) is 14.0. The molecule has 6 nitrogen and oxygen atoms in total. The molecule has 0 radical (unpaired) electrons. The molecular weight excluding hydrogens is 328 g/mol. The van der Waals surface area contributed by atoms with Crippen molar-refractivity contribution in [2.45, 2.75) is 45.7 Å². The Bertz CT molecular complexity index is 660. The summed E-state index contributed by atoms with van der Waals surface area (Å²) in [7, 11) is 0. The van der Waals surface area contributed by atoms with Gasteiger partial charge in [0.1, 0.15) is 12.6 Å². The summed E-state index contributed by atoms with van der Waals surface area (Å²) in [6, 6.07) is 8.82. The fourth-order valence-corrected chi connectivity index (χ4v) is 3.20. The van der Waals surface area contributed by atoms with Gasteiger partial charge in [0.2, 0.25) is 5.91 Å². The van der Waals surface area contributed by atoms with Gasteiger partial charge in [0.05, 0.1) is 6.07 Å². The van der Waals surface area contributed by atoms with E-state index in [9.17, 15) is 9.59 Å². The first-order chi connectivity index (χ1) is 12.5. The Kier molecular flexibility index (Phi) is 7.61. The number of rotatable bonds is 8. The zero-order valence-electron chi connectivity index (χ0n) is 15.6. The van der Waals surface area contributed by atoms with Crippen molar-refractivity contribution >= 4 is 11.8 Å². The van der Waals surface area contributed by atoms with Crippen LogP contribution in [0.5, 0.6) is 0 Å². The number of nitrogens with one attached hydrogen (secondary N) is 2. The van der Waals surface area contributed by atoms with Crippen molar-refractivity contribution in [2.24, 2.45) is 5.92 Å². The second kappa shape index (κ2) is 9.93. The summed E-state index contributed by atoms with van der Waals surface area (Å²) in [6.07, 6.45) is 2.99. The molecular formula is C20H28N4O2. The fourth-order valence-electron chi connectivity index (χ4n) is 3.20. The maximum Gasteiger partial charge on any atom is 0.251 e. The molecule has 0 bridgehead atoms. The second-order valence-electron chi connectivity index (χ2n) is 7.22. The summed E-state index contributed by atoms with van der Waals surface area (Å²) in [5.41, 5.74) is 1.66. The first-order valence-electron chi connectivity index (χ1n) is 9.26. The van der Waals surface area contributed by atoms with Gasteiger partial charge in [-0.1, -0.05) is 26.0 Å². The van der Waals surface area contributed by atoms with Crippen LogP contribution >= 0.6 is 0 Å². The van der Waals surface area contributed by atoms with E-state index >= 15 is 0 Å². The number of nitriles is 1. The number of carbonyl (C=O) groups is 2. The Hall–Kier alpha value is -2.39. The molecule has 6 heteroatoms. The quantitative estimate of drug-likeness (QED) is 0.698. The van der Waals surface area contributed by atoms with E-state index in [-0.39, 0.29) is 24.3 Å². The maximum absolute atomic E-state index is 12.6. The number of hydrogen-bond donors (Lipinski definition) is 2. The molecule has 2 amide bonds. The van der Waals surface area contributed by atoms with Crippen molar-refractivity contribution in [1.29, 1.82) is 5.26 Å². The number of carbonyl (C=O) groups excluding carboxylic acids is 2. The third-order valence-corrected chi connectivity index (χ3v) is 4.46. The van der Waals surface area contributed by atoms with Gasteiger partial charge < -0.3 is 10.6 Å². The Labute approximate surface area is 155 Å². The van der Waals surface area contributed by atoms with Crippen molar-refractivity contribution in [1.82, 2.24) is 15.5 Å². The second-order valence-corrected chi connectivity index (χ2v) is 7.22. The highest BCUT2D eigenvalue weighted by molar-refractivity contribution is 5.97. The SMILES string of the molecule is CC(C)C[C@H](NC(=O)c1cccc(CN2CCCC2)c1)C(=O)NCC#N. The lowest BCUT2D eigenvalue weighted by Crippen LogP contribution is -2.47. The number of benzene rings is 1. The number of nitrogens with zero attached hydrogens (tertiary/aromatic N) is 2. The van der Waals surface area contributed by atoms with Crippen molar-refractivity contribution in [3.8, 4) is 6.07 Å². The Morgan fingerprint density at radius 2 is 2.00 bits per heavy atom. The van der Waals surface area contributed by atoms with Gasteiger partial charge in [0, 0.05) is 12.1 Å². The monoisotopic (exact) mass is 356 g/mol. The molecule has 0 aromatic heterocycles. The predicted molar refractivity (Wildman–Crippen MR) is 100 cm³/mol. The van der Waals surface area contributed by atoms with Crippen molar-refractivity contribution in [2.75, 3.05) is 19.6 Å². The summed E-state index contributed by atoms with van der Waals surface area (Å²) in [4.78, 5) is 27.2. The number of amides is 2. The van der Waals surface area contributed by atoms with E-state index < -0.39 is 6.04 Å². The average molecular weight is 356 g/mol. The Balaban J connectivity index is 2.03. The van der Waals surface area contributed by atoms with E-state index in [1.165, 1.54) is 12.8 Å². The number of likely N-dealkylation sites (tertiary alicyclic amines) is 1. The van der Waals surface area contributed by atoms with Crippen LogP contribution in [0.2, 0.25) is 0 Å². The van der Waals surface area contributed by atoms with E-state index in [0.29, 0.717) is 12.0 Å². The first kappa shape index (κ1) is 19.9. The minimum Gasteiger partial charge on any atom is -0.341 e. The smallest absolute Gasteiger partial charge is 0.251 e. The molecule has 1 fully saturated rings. The van der Waals surface area contributed by atoms with Gasteiger partial charge in [-0.2, -0.15) is 5.26 Å². The summed E-state index contributed by atoms with van der Waals surface area (Å²) >= 11 is 0. The normalized spacial score (nSPS) is 15.5. The van der Waals surface area contributed by atoms with Crippen molar-refractivity contribution in [3.05, 3.63) is 35.4 Å². The molecule has 1 aliphatic heterocycles. The van der Waals surface area contributed by atoms with Crippen LogP contribution in [-0.4, -0.2) is 42.4 Å². The highest BCUT2D eigenvalue weighted by Crippen LogP contribution is 2.14. The van der Waals surface area contributed by atoms with Gasteiger partial charge in [-0.25, -0.2) is 0 Å². The van der Waals surface area contributed by atoms with E-state index in [0.717, 1.165) is 25.2 Å². The summed E-state index contributed by atoms with van der Waals surface area (Å²) < 4.78 is 0. The molecule has 1 aromatic carbocycles. The van der Waals surface area contributed by atoms with Crippen LogP contribution in [0.25, 0.3) is 0 Å². The van der Waals surface area contributed by atoms with Gasteiger partial charge in [0.15, 0.2) is 0 Å². The van der Waals surface area contributed by atoms with Crippen LogP contribution in [0, 0.1) is 17.2 Å². The third kappa shape index (κ3) is 6.16. The fraction of sp³-hybridized carbons (Fsp3) is 0.550. The van der Waals surface area contributed by atoms with Gasteiger partial charge in [-0.15, -0.1) is 0 Å². The molecule has 1 heterocycles. The lowest BCUT2D eigenvalue weighted by Gasteiger charge is -2.20. The Morgan fingerprint density at radius 1 is 1.27 bits per heavy atom. The topological polar surface area (TPSA) is 85.2 Å². The molecule has 0 saturated carbocycles. The highest BCUT2D eigenvalue weighted by atomic mass is 16.2. The third-order valence-electron chi connectivity index (χ3n) is 4.46. The lowest BCUT2D eigenvalue weighted by atomic mass is 10.0. The molecule has 0 unspecified atom stereocenters. The molecule has 1 aliphatic rings.